The van der Waals surface area contributed by atoms with Gasteiger partial charge >= 0.3 is 11.9 Å². The number of carbonyl (C=O) groups is 2. The lowest BCUT2D eigenvalue weighted by Gasteiger charge is -2.06. The summed E-state index contributed by atoms with van der Waals surface area (Å²) in [7, 11) is 0. The lowest BCUT2D eigenvalue weighted by atomic mass is 10.1. The molecule has 0 saturated heterocycles. The molecule has 0 amide bonds. The van der Waals surface area contributed by atoms with Crippen LogP contribution in [0.2, 0.25) is 0 Å². The Balaban J connectivity index is 3.22. The molecule has 0 saturated carbocycles. The van der Waals surface area contributed by atoms with Crippen molar-refractivity contribution in [1.29, 1.82) is 0 Å². The lowest BCUT2D eigenvalue weighted by molar-refractivity contribution is -0.144. The van der Waals surface area contributed by atoms with Crippen molar-refractivity contribution in [2.24, 2.45) is 0 Å². The van der Waals surface area contributed by atoms with Gasteiger partial charge in [0, 0.05) is 12.8 Å². The molecule has 0 rings (SSSR count). The molecule has 0 aliphatic rings. The molecule has 0 atom stereocenters. The molecular weight excluding hydrogens is 520 g/mol. The number of unbranched alkanes of at least 4 members (excludes halogenated alkanes) is 27. The van der Waals surface area contributed by atoms with Crippen molar-refractivity contribution in [2.45, 2.75) is 219 Å². The van der Waals surface area contributed by atoms with E-state index in [-0.39, 0.29) is 11.9 Å². The van der Waals surface area contributed by atoms with Gasteiger partial charge < -0.3 is 9.47 Å². The third-order valence-corrected chi connectivity index (χ3v) is 8.53. The molecule has 0 aliphatic heterocycles. The van der Waals surface area contributed by atoms with E-state index in [0.717, 1.165) is 38.5 Å². The van der Waals surface area contributed by atoms with Crippen LogP contribution in [0.25, 0.3) is 0 Å². The van der Waals surface area contributed by atoms with E-state index in [1.807, 2.05) is 0 Å². The van der Waals surface area contributed by atoms with Crippen LogP contribution in [0, 0.1) is 0 Å². The second-order valence-electron chi connectivity index (χ2n) is 12.8. The molecule has 0 aromatic rings. The fraction of sp³-hybridized carbons (Fsp3) is 0.947. The first kappa shape index (κ1) is 40.9. The number of hydrogen-bond acceptors (Lipinski definition) is 4. The highest BCUT2D eigenvalue weighted by Crippen LogP contribution is 2.14. The number of hydrogen-bond donors (Lipinski definition) is 0. The molecule has 0 N–H and O–H groups in total. The fourth-order valence-electron chi connectivity index (χ4n) is 5.65. The highest BCUT2D eigenvalue weighted by Gasteiger charge is 2.04. The van der Waals surface area contributed by atoms with Crippen LogP contribution in [0.1, 0.15) is 219 Å². The minimum Gasteiger partial charge on any atom is -0.466 e. The van der Waals surface area contributed by atoms with Crippen LogP contribution in [-0.4, -0.2) is 25.2 Å². The molecular formula is C38H74O4. The Hall–Kier alpha value is -1.06. The van der Waals surface area contributed by atoms with Gasteiger partial charge in [-0.05, 0) is 25.7 Å². The molecule has 0 heterocycles. The molecule has 4 nitrogen and oxygen atoms in total. The van der Waals surface area contributed by atoms with Crippen molar-refractivity contribution < 1.29 is 19.1 Å². The number of esters is 2. The summed E-state index contributed by atoms with van der Waals surface area (Å²) in [4.78, 5) is 23.8. The van der Waals surface area contributed by atoms with Crippen LogP contribution >= 0.6 is 0 Å². The minimum absolute atomic E-state index is 0.00592. The minimum atomic E-state index is -0.00592. The van der Waals surface area contributed by atoms with Gasteiger partial charge in [-0.2, -0.15) is 0 Å². The molecule has 0 bridgehead atoms. The van der Waals surface area contributed by atoms with Crippen LogP contribution in [0.3, 0.4) is 0 Å². The maximum Gasteiger partial charge on any atom is 0.305 e. The normalized spacial score (nSPS) is 11.2. The molecule has 250 valence electrons. The van der Waals surface area contributed by atoms with Gasteiger partial charge in [0.2, 0.25) is 0 Å². The van der Waals surface area contributed by atoms with Gasteiger partial charge in [-0.15, -0.1) is 0 Å². The molecule has 0 aromatic carbocycles. The Morgan fingerprint density at radius 2 is 0.524 bits per heavy atom. The van der Waals surface area contributed by atoms with E-state index < -0.39 is 0 Å². The first-order valence-electron chi connectivity index (χ1n) is 19.0. The summed E-state index contributed by atoms with van der Waals surface area (Å²) in [6.07, 6.45) is 39.0. The van der Waals surface area contributed by atoms with E-state index in [0.29, 0.717) is 26.1 Å². The predicted molar refractivity (Wildman–Crippen MR) is 181 cm³/mol. The molecule has 42 heavy (non-hydrogen) atoms. The van der Waals surface area contributed by atoms with Gasteiger partial charge in [-0.3, -0.25) is 9.59 Å². The standard InChI is InChI=1S/C38H74O4/c1-3-5-7-9-11-13-19-23-27-31-35-41-37(39)33-29-25-21-17-15-16-18-22-26-30-34-38(40)42-36-32-28-24-20-14-12-10-8-6-4-2/h3-36H2,1-2H3. The zero-order chi connectivity index (χ0) is 30.6. The predicted octanol–water partition coefficient (Wildman–Crippen LogP) is 12.6. The van der Waals surface area contributed by atoms with Crippen LogP contribution < -0.4 is 0 Å². The van der Waals surface area contributed by atoms with Crippen LogP contribution in [0.5, 0.6) is 0 Å². The summed E-state index contributed by atoms with van der Waals surface area (Å²) in [5.74, 6) is -0.0118. The van der Waals surface area contributed by atoms with Gasteiger partial charge in [0.05, 0.1) is 13.2 Å². The van der Waals surface area contributed by atoms with E-state index >= 15 is 0 Å². The number of rotatable bonds is 35. The second-order valence-corrected chi connectivity index (χ2v) is 12.8. The third kappa shape index (κ3) is 35.1. The van der Waals surface area contributed by atoms with Gasteiger partial charge in [-0.25, -0.2) is 0 Å². The maximum atomic E-state index is 11.9. The van der Waals surface area contributed by atoms with Crippen molar-refractivity contribution in [1.82, 2.24) is 0 Å². The van der Waals surface area contributed by atoms with Crippen LogP contribution in [0.4, 0.5) is 0 Å². The van der Waals surface area contributed by atoms with E-state index in [4.69, 9.17) is 9.47 Å². The Kier molecular flexibility index (Phi) is 35.2. The Labute approximate surface area is 263 Å². The first-order chi connectivity index (χ1) is 20.7. The van der Waals surface area contributed by atoms with Crippen LogP contribution in [-0.2, 0) is 19.1 Å². The third-order valence-electron chi connectivity index (χ3n) is 8.53. The average Bonchev–Trinajstić information content (AvgIpc) is 2.99. The average molecular weight is 595 g/mol. The SMILES string of the molecule is CCCCCCCCCCCCOC(=O)CCCCCCCCCCCCC(=O)OCCCCCCCCCCCC. The highest BCUT2D eigenvalue weighted by molar-refractivity contribution is 5.69. The quantitative estimate of drug-likeness (QED) is 0.0541. The molecule has 0 aliphatic carbocycles. The smallest absolute Gasteiger partial charge is 0.305 e. The van der Waals surface area contributed by atoms with E-state index in [1.165, 1.54) is 154 Å². The summed E-state index contributed by atoms with van der Waals surface area (Å²) in [6.45, 7) is 5.75. The molecule has 0 radical (unpaired) electrons. The summed E-state index contributed by atoms with van der Waals surface area (Å²) in [5.41, 5.74) is 0. The van der Waals surface area contributed by atoms with Gasteiger partial charge in [0.15, 0.2) is 0 Å². The molecule has 0 aromatic heterocycles. The first-order valence-corrected chi connectivity index (χ1v) is 19.0. The summed E-state index contributed by atoms with van der Waals surface area (Å²) in [6, 6.07) is 0. The highest BCUT2D eigenvalue weighted by atomic mass is 16.5. The Morgan fingerprint density at radius 3 is 0.786 bits per heavy atom. The van der Waals surface area contributed by atoms with Crippen molar-refractivity contribution in [3.8, 4) is 0 Å². The van der Waals surface area contributed by atoms with Gasteiger partial charge in [-0.1, -0.05) is 181 Å². The van der Waals surface area contributed by atoms with Crippen molar-refractivity contribution in [3.05, 3.63) is 0 Å². The summed E-state index contributed by atoms with van der Waals surface area (Å²) in [5, 5.41) is 0. The van der Waals surface area contributed by atoms with Crippen LogP contribution in [0.15, 0.2) is 0 Å². The molecule has 0 unspecified atom stereocenters. The van der Waals surface area contributed by atoms with Crippen molar-refractivity contribution in [3.63, 3.8) is 0 Å². The van der Waals surface area contributed by atoms with E-state index in [9.17, 15) is 9.59 Å². The molecule has 0 spiro atoms. The zero-order valence-corrected chi connectivity index (χ0v) is 28.7. The van der Waals surface area contributed by atoms with E-state index in [1.54, 1.807) is 0 Å². The summed E-state index contributed by atoms with van der Waals surface area (Å²) >= 11 is 0. The fourth-order valence-corrected chi connectivity index (χ4v) is 5.65. The van der Waals surface area contributed by atoms with E-state index in [2.05, 4.69) is 13.8 Å². The summed E-state index contributed by atoms with van der Waals surface area (Å²) < 4.78 is 10.8. The molecule has 4 heteroatoms. The zero-order valence-electron chi connectivity index (χ0n) is 28.7. The molecule has 0 fully saturated rings. The maximum absolute atomic E-state index is 11.9. The topological polar surface area (TPSA) is 52.6 Å². The number of carbonyl (C=O) groups excluding carboxylic acids is 2. The monoisotopic (exact) mass is 595 g/mol. The largest absolute Gasteiger partial charge is 0.466 e. The van der Waals surface area contributed by atoms with Gasteiger partial charge in [0.1, 0.15) is 0 Å². The Morgan fingerprint density at radius 1 is 0.310 bits per heavy atom. The second kappa shape index (κ2) is 36.1. The van der Waals surface area contributed by atoms with Gasteiger partial charge in [0.25, 0.3) is 0 Å². The van der Waals surface area contributed by atoms with Crippen molar-refractivity contribution >= 4 is 11.9 Å². The Bertz CT molecular complexity index is 499. The van der Waals surface area contributed by atoms with Crippen molar-refractivity contribution in [2.75, 3.05) is 13.2 Å². The number of ether oxygens (including phenoxy) is 2. The lowest BCUT2D eigenvalue weighted by Crippen LogP contribution is -2.05.